The van der Waals surface area contributed by atoms with Gasteiger partial charge in [-0.15, -0.1) is 0 Å². The van der Waals surface area contributed by atoms with Crippen molar-refractivity contribution < 1.29 is 18.0 Å². The summed E-state index contributed by atoms with van der Waals surface area (Å²) in [6.45, 7) is 2.58. The van der Waals surface area contributed by atoms with E-state index < -0.39 is 35.3 Å². The summed E-state index contributed by atoms with van der Waals surface area (Å²) >= 11 is 0. The molecule has 0 aliphatic heterocycles. The van der Waals surface area contributed by atoms with Gasteiger partial charge in [-0.1, -0.05) is 6.92 Å². The van der Waals surface area contributed by atoms with Crippen LogP contribution in [0.15, 0.2) is 23.1 Å². The SMILES string of the molecule is CC[C@](C)(C#N)NC(=O)Cn1cccc(C(F)(F)F)c1=O. The van der Waals surface area contributed by atoms with Gasteiger partial charge in [-0.2, -0.15) is 18.4 Å². The van der Waals surface area contributed by atoms with E-state index in [0.29, 0.717) is 17.1 Å². The Morgan fingerprint density at radius 3 is 2.57 bits per heavy atom. The van der Waals surface area contributed by atoms with E-state index in [2.05, 4.69) is 5.32 Å². The number of aromatic nitrogens is 1. The van der Waals surface area contributed by atoms with Gasteiger partial charge in [0, 0.05) is 6.20 Å². The highest BCUT2D eigenvalue weighted by Gasteiger charge is 2.34. The average Bonchev–Trinajstić information content (AvgIpc) is 2.39. The molecular formula is C13H14F3N3O2. The molecule has 1 rings (SSSR count). The van der Waals surface area contributed by atoms with Crippen molar-refractivity contribution in [3.63, 3.8) is 0 Å². The molecule has 21 heavy (non-hydrogen) atoms. The van der Waals surface area contributed by atoms with Gasteiger partial charge < -0.3 is 9.88 Å². The topological polar surface area (TPSA) is 74.9 Å². The molecule has 8 heteroatoms. The second-order valence-corrected chi connectivity index (χ2v) is 4.70. The fourth-order valence-corrected chi connectivity index (χ4v) is 1.57. The van der Waals surface area contributed by atoms with Crippen molar-refractivity contribution in [1.82, 2.24) is 9.88 Å². The predicted octanol–water partition coefficient (Wildman–Crippen LogP) is 1.68. The molecule has 0 radical (unpaired) electrons. The Morgan fingerprint density at radius 1 is 1.48 bits per heavy atom. The number of nitrogens with one attached hydrogen (secondary N) is 1. The third kappa shape index (κ3) is 4.08. The summed E-state index contributed by atoms with van der Waals surface area (Å²) < 4.78 is 38.4. The van der Waals surface area contributed by atoms with Crippen molar-refractivity contribution in [2.45, 2.75) is 38.5 Å². The molecule has 0 saturated carbocycles. The van der Waals surface area contributed by atoms with Gasteiger partial charge in [-0.25, -0.2) is 0 Å². The van der Waals surface area contributed by atoms with Crippen molar-refractivity contribution in [1.29, 1.82) is 5.26 Å². The van der Waals surface area contributed by atoms with E-state index in [-0.39, 0.29) is 0 Å². The number of pyridine rings is 1. The maximum absolute atomic E-state index is 12.6. The zero-order valence-corrected chi connectivity index (χ0v) is 11.5. The second kappa shape index (κ2) is 5.99. The summed E-state index contributed by atoms with van der Waals surface area (Å²) in [5, 5.41) is 11.3. The first-order chi connectivity index (χ1) is 9.63. The van der Waals surface area contributed by atoms with Crippen LogP contribution in [0, 0.1) is 11.3 Å². The van der Waals surface area contributed by atoms with E-state index in [9.17, 15) is 22.8 Å². The fraction of sp³-hybridized carbons (Fsp3) is 0.462. The third-order valence-corrected chi connectivity index (χ3v) is 3.01. The Balaban J connectivity index is 2.98. The van der Waals surface area contributed by atoms with Crippen molar-refractivity contribution >= 4 is 5.91 Å². The van der Waals surface area contributed by atoms with Crippen LogP contribution >= 0.6 is 0 Å². The monoisotopic (exact) mass is 301 g/mol. The summed E-state index contributed by atoms with van der Waals surface area (Å²) in [7, 11) is 0. The highest BCUT2D eigenvalue weighted by molar-refractivity contribution is 5.77. The molecule has 114 valence electrons. The Morgan fingerprint density at radius 2 is 2.10 bits per heavy atom. The number of halogens is 3. The lowest BCUT2D eigenvalue weighted by molar-refractivity contribution is -0.139. The molecule has 5 nitrogen and oxygen atoms in total. The molecule has 0 unspecified atom stereocenters. The van der Waals surface area contributed by atoms with Crippen LogP contribution in [0.25, 0.3) is 0 Å². The first-order valence-corrected chi connectivity index (χ1v) is 6.12. The molecule has 0 aliphatic rings. The number of nitriles is 1. The summed E-state index contributed by atoms with van der Waals surface area (Å²) in [6, 6.07) is 3.59. The van der Waals surface area contributed by atoms with Gasteiger partial charge >= 0.3 is 6.18 Å². The minimum Gasteiger partial charge on any atom is -0.337 e. The zero-order chi connectivity index (χ0) is 16.3. The zero-order valence-electron chi connectivity index (χ0n) is 11.5. The van der Waals surface area contributed by atoms with E-state index in [1.807, 2.05) is 6.07 Å². The van der Waals surface area contributed by atoms with E-state index in [0.717, 1.165) is 12.3 Å². The van der Waals surface area contributed by atoms with Gasteiger partial charge in [-0.05, 0) is 25.5 Å². The Kier molecular flexibility index (Phi) is 4.78. The maximum Gasteiger partial charge on any atom is 0.421 e. The first-order valence-electron chi connectivity index (χ1n) is 6.12. The molecule has 1 N–H and O–H groups in total. The van der Waals surface area contributed by atoms with Gasteiger partial charge in [0.15, 0.2) is 0 Å². The third-order valence-electron chi connectivity index (χ3n) is 3.01. The second-order valence-electron chi connectivity index (χ2n) is 4.70. The molecule has 1 amide bonds. The Bertz CT molecular complexity index is 631. The van der Waals surface area contributed by atoms with Gasteiger partial charge in [0.2, 0.25) is 5.91 Å². The van der Waals surface area contributed by atoms with Gasteiger partial charge in [-0.3, -0.25) is 9.59 Å². The number of amides is 1. The Labute approximate surface area is 119 Å². The standard InChI is InChI=1S/C13H14F3N3O2/c1-3-12(2,8-17)18-10(20)7-19-6-4-5-9(11(19)21)13(14,15)16/h4-6H,3,7H2,1-2H3,(H,18,20)/t12-/m1/s1. The van der Waals surface area contributed by atoms with Crippen LogP contribution in [0.3, 0.4) is 0 Å². The highest BCUT2D eigenvalue weighted by Crippen LogP contribution is 2.25. The molecule has 0 saturated heterocycles. The minimum absolute atomic E-state index is 0.326. The lowest BCUT2D eigenvalue weighted by Gasteiger charge is -2.21. The van der Waals surface area contributed by atoms with Gasteiger partial charge in [0.1, 0.15) is 17.6 Å². The molecule has 1 aromatic rings. The van der Waals surface area contributed by atoms with Crippen molar-refractivity contribution in [3.8, 4) is 6.07 Å². The number of rotatable bonds is 4. The molecular weight excluding hydrogens is 287 g/mol. The lowest BCUT2D eigenvalue weighted by atomic mass is 10.0. The molecule has 0 fully saturated rings. The fourth-order valence-electron chi connectivity index (χ4n) is 1.57. The van der Waals surface area contributed by atoms with Crippen molar-refractivity contribution in [3.05, 3.63) is 34.2 Å². The smallest absolute Gasteiger partial charge is 0.337 e. The number of nitrogens with zero attached hydrogens (tertiary/aromatic N) is 2. The molecule has 0 bridgehead atoms. The summed E-state index contributed by atoms with van der Waals surface area (Å²) in [4.78, 5) is 23.4. The quantitative estimate of drug-likeness (QED) is 0.919. The number of carbonyl (C=O) groups is 1. The lowest BCUT2D eigenvalue weighted by Crippen LogP contribution is -2.46. The molecule has 0 aromatic carbocycles. The Hall–Kier alpha value is -2.30. The highest BCUT2D eigenvalue weighted by atomic mass is 19.4. The first kappa shape index (κ1) is 16.8. The van der Waals surface area contributed by atoms with Gasteiger partial charge in [0.25, 0.3) is 5.56 Å². The largest absolute Gasteiger partial charge is 0.421 e. The van der Waals surface area contributed by atoms with E-state index in [4.69, 9.17) is 5.26 Å². The summed E-state index contributed by atoms with van der Waals surface area (Å²) in [5.74, 6) is -0.706. The molecule has 0 spiro atoms. The number of alkyl halides is 3. The normalized spacial score (nSPS) is 14.1. The van der Waals surface area contributed by atoms with Crippen LogP contribution < -0.4 is 10.9 Å². The summed E-state index contributed by atoms with van der Waals surface area (Å²) in [6.07, 6.45) is -3.36. The average molecular weight is 301 g/mol. The van der Waals surface area contributed by atoms with Crippen molar-refractivity contribution in [2.75, 3.05) is 0 Å². The summed E-state index contributed by atoms with van der Waals surface area (Å²) in [5.41, 5.74) is -3.76. The van der Waals surface area contributed by atoms with E-state index in [1.54, 1.807) is 6.92 Å². The van der Waals surface area contributed by atoms with E-state index in [1.165, 1.54) is 6.92 Å². The number of hydrogen-bond acceptors (Lipinski definition) is 3. The van der Waals surface area contributed by atoms with Gasteiger partial charge in [0.05, 0.1) is 6.07 Å². The predicted molar refractivity (Wildman–Crippen MR) is 68.2 cm³/mol. The van der Waals surface area contributed by atoms with Crippen LogP contribution in [0.5, 0.6) is 0 Å². The molecule has 0 aliphatic carbocycles. The van der Waals surface area contributed by atoms with Crippen LogP contribution in [0.1, 0.15) is 25.8 Å². The maximum atomic E-state index is 12.6. The minimum atomic E-state index is -4.78. The van der Waals surface area contributed by atoms with Crippen LogP contribution in [-0.4, -0.2) is 16.0 Å². The molecule has 1 aromatic heterocycles. The van der Waals surface area contributed by atoms with Crippen molar-refractivity contribution in [2.24, 2.45) is 0 Å². The van der Waals surface area contributed by atoms with Crippen LogP contribution in [-0.2, 0) is 17.5 Å². The van der Waals surface area contributed by atoms with E-state index >= 15 is 0 Å². The van der Waals surface area contributed by atoms with Crippen LogP contribution in [0.4, 0.5) is 13.2 Å². The number of hydrogen-bond donors (Lipinski definition) is 1. The number of carbonyl (C=O) groups excluding carboxylic acids is 1. The van der Waals surface area contributed by atoms with Crippen LogP contribution in [0.2, 0.25) is 0 Å². The molecule has 1 heterocycles. The molecule has 1 atom stereocenters.